The quantitative estimate of drug-likeness (QED) is 0.211. The molecule has 1 aliphatic rings. The molecule has 0 aliphatic carbocycles. The third-order valence-corrected chi connectivity index (χ3v) is 8.13. The molecule has 0 spiro atoms. The number of carbonyl (C=O) groups is 2. The minimum absolute atomic E-state index is 0.0197. The summed E-state index contributed by atoms with van der Waals surface area (Å²) < 4.78 is 7.19. The third kappa shape index (κ3) is 7.23. The summed E-state index contributed by atoms with van der Waals surface area (Å²) in [5.41, 5.74) is 2.90. The van der Waals surface area contributed by atoms with Crippen LogP contribution >= 0.6 is 11.8 Å². The summed E-state index contributed by atoms with van der Waals surface area (Å²) in [7, 11) is 0. The molecule has 0 saturated carbocycles. The fourth-order valence-corrected chi connectivity index (χ4v) is 5.75. The van der Waals surface area contributed by atoms with Crippen molar-refractivity contribution in [1.82, 2.24) is 19.8 Å². The van der Waals surface area contributed by atoms with Gasteiger partial charge in [0.1, 0.15) is 0 Å². The van der Waals surface area contributed by atoms with E-state index < -0.39 is 0 Å². The van der Waals surface area contributed by atoms with Crippen molar-refractivity contribution in [3.8, 4) is 0 Å². The highest BCUT2D eigenvalue weighted by molar-refractivity contribution is 7.99. The first-order valence-electron chi connectivity index (χ1n) is 13.9. The molecule has 1 aromatic heterocycles. The molecule has 2 heterocycles. The van der Waals surface area contributed by atoms with E-state index in [-0.39, 0.29) is 35.8 Å². The highest BCUT2D eigenvalue weighted by atomic mass is 32.2. The van der Waals surface area contributed by atoms with Crippen LogP contribution in [0.4, 0.5) is 0 Å². The number of benzene rings is 3. The molecule has 5 rings (SSSR count). The molecule has 1 aliphatic heterocycles. The second-order valence-corrected chi connectivity index (χ2v) is 11.0. The van der Waals surface area contributed by atoms with E-state index in [1.54, 1.807) is 27.7 Å². The SMILES string of the molecule is CCN(Cc1ccccc1)C(=O)CSc1nc2ccccc2c(=O)n1Cc1ccc(C(=O)NC[C@H]2CCCO2)cc1. The van der Waals surface area contributed by atoms with Crippen LogP contribution in [0.2, 0.25) is 0 Å². The maximum absolute atomic E-state index is 13.6. The molecule has 3 aromatic carbocycles. The van der Waals surface area contributed by atoms with Gasteiger partial charge in [-0.25, -0.2) is 4.98 Å². The van der Waals surface area contributed by atoms with E-state index in [0.29, 0.717) is 41.3 Å². The molecular weight excluding hydrogens is 536 g/mol. The van der Waals surface area contributed by atoms with Gasteiger partial charge in [-0.05, 0) is 55.2 Å². The normalized spacial score (nSPS) is 14.7. The lowest BCUT2D eigenvalue weighted by atomic mass is 10.1. The zero-order valence-corrected chi connectivity index (χ0v) is 23.9. The van der Waals surface area contributed by atoms with Gasteiger partial charge in [-0.2, -0.15) is 0 Å². The van der Waals surface area contributed by atoms with Gasteiger partial charge in [0.25, 0.3) is 11.5 Å². The maximum atomic E-state index is 13.6. The third-order valence-electron chi connectivity index (χ3n) is 7.17. The number of carbonyl (C=O) groups excluding carboxylic acids is 2. The number of amides is 2. The van der Waals surface area contributed by atoms with E-state index in [4.69, 9.17) is 9.72 Å². The van der Waals surface area contributed by atoms with Crippen molar-refractivity contribution in [3.63, 3.8) is 0 Å². The van der Waals surface area contributed by atoms with E-state index in [2.05, 4.69) is 5.32 Å². The summed E-state index contributed by atoms with van der Waals surface area (Å²) in [4.78, 5) is 45.9. The van der Waals surface area contributed by atoms with Crippen LogP contribution in [0.15, 0.2) is 88.8 Å². The van der Waals surface area contributed by atoms with Crippen molar-refractivity contribution in [2.75, 3.05) is 25.4 Å². The van der Waals surface area contributed by atoms with Gasteiger partial charge in [-0.3, -0.25) is 19.0 Å². The van der Waals surface area contributed by atoms with E-state index in [1.807, 2.05) is 67.6 Å². The molecule has 0 unspecified atom stereocenters. The van der Waals surface area contributed by atoms with Gasteiger partial charge in [0.05, 0.1) is 29.3 Å². The fourth-order valence-electron chi connectivity index (χ4n) is 4.85. The molecule has 212 valence electrons. The van der Waals surface area contributed by atoms with Gasteiger partial charge >= 0.3 is 0 Å². The summed E-state index contributed by atoms with van der Waals surface area (Å²) in [5.74, 6) is -0.00839. The number of hydrogen-bond donors (Lipinski definition) is 1. The number of rotatable bonds is 11. The number of ether oxygens (including phenoxy) is 1. The second kappa shape index (κ2) is 13.6. The predicted octanol–water partition coefficient (Wildman–Crippen LogP) is 4.49. The average molecular weight is 571 g/mol. The smallest absolute Gasteiger partial charge is 0.262 e. The molecule has 1 atom stereocenters. The molecule has 2 amide bonds. The number of fused-ring (bicyclic) bond motifs is 1. The van der Waals surface area contributed by atoms with Crippen molar-refractivity contribution in [2.45, 2.75) is 44.1 Å². The molecule has 8 nitrogen and oxygen atoms in total. The largest absolute Gasteiger partial charge is 0.376 e. The lowest BCUT2D eigenvalue weighted by Gasteiger charge is -2.21. The van der Waals surface area contributed by atoms with Crippen LogP contribution in [0.1, 0.15) is 41.3 Å². The van der Waals surface area contributed by atoms with Gasteiger partial charge < -0.3 is 15.0 Å². The summed E-state index contributed by atoms with van der Waals surface area (Å²) in [6, 6.07) is 24.4. The number of nitrogens with zero attached hydrogens (tertiary/aromatic N) is 3. The Kier molecular flexibility index (Phi) is 9.48. The van der Waals surface area contributed by atoms with Gasteiger partial charge in [-0.1, -0.05) is 66.4 Å². The second-order valence-electron chi connectivity index (χ2n) is 10.0. The molecule has 0 bridgehead atoms. The number of para-hydroxylation sites is 1. The summed E-state index contributed by atoms with van der Waals surface area (Å²) in [6.45, 7) is 4.59. The Morgan fingerprint density at radius 1 is 1.02 bits per heavy atom. The molecule has 9 heteroatoms. The van der Waals surface area contributed by atoms with Crippen LogP contribution in [-0.2, 0) is 22.6 Å². The minimum Gasteiger partial charge on any atom is -0.376 e. The Morgan fingerprint density at radius 3 is 2.51 bits per heavy atom. The molecular formula is C32H34N4O4S. The van der Waals surface area contributed by atoms with E-state index >= 15 is 0 Å². The van der Waals surface area contributed by atoms with Gasteiger partial charge in [0, 0.05) is 31.8 Å². The van der Waals surface area contributed by atoms with E-state index in [0.717, 1.165) is 30.6 Å². The molecule has 1 fully saturated rings. The molecule has 4 aromatic rings. The van der Waals surface area contributed by atoms with Crippen LogP contribution in [-0.4, -0.2) is 57.8 Å². The lowest BCUT2D eigenvalue weighted by Crippen LogP contribution is -2.32. The summed E-state index contributed by atoms with van der Waals surface area (Å²) in [6.07, 6.45) is 2.07. The monoisotopic (exact) mass is 570 g/mol. The molecule has 1 saturated heterocycles. The Bertz CT molecular complexity index is 1550. The van der Waals surface area contributed by atoms with Gasteiger partial charge in [0.2, 0.25) is 5.91 Å². The first-order chi connectivity index (χ1) is 20.0. The fraction of sp³-hybridized carbons (Fsp3) is 0.312. The summed E-state index contributed by atoms with van der Waals surface area (Å²) in [5, 5.41) is 3.94. The Hall–Kier alpha value is -3.95. The average Bonchev–Trinajstić information content (AvgIpc) is 3.54. The van der Waals surface area contributed by atoms with Crippen LogP contribution in [0.25, 0.3) is 10.9 Å². The zero-order chi connectivity index (χ0) is 28.6. The Balaban J connectivity index is 1.31. The minimum atomic E-state index is -0.166. The standard InChI is InChI=1S/C32H34N4O4S/c1-2-35(20-23-9-4-3-5-10-23)29(37)22-41-32-34-28-13-7-6-12-27(28)31(39)36(32)21-24-14-16-25(17-15-24)30(38)33-19-26-11-8-18-40-26/h3-7,9-10,12-17,26H,2,8,11,18-22H2,1H3,(H,33,38)/t26-/m1/s1. The maximum Gasteiger partial charge on any atom is 0.262 e. The van der Waals surface area contributed by atoms with Crippen molar-refractivity contribution in [1.29, 1.82) is 0 Å². The lowest BCUT2D eigenvalue weighted by molar-refractivity contribution is -0.128. The topological polar surface area (TPSA) is 93.5 Å². The Morgan fingerprint density at radius 2 is 1.78 bits per heavy atom. The molecule has 1 N–H and O–H groups in total. The van der Waals surface area contributed by atoms with Crippen molar-refractivity contribution >= 4 is 34.5 Å². The molecule has 41 heavy (non-hydrogen) atoms. The number of aromatic nitrogens is 2. The van der Waals surface area contributed by atoms with Crippen LogP contribution < -0.4 is 10.9 Å². The van der Waals surface area contributed by atoms with Crippen molar-refractivity contribution in [3.05, 3.63) is 106 Å². The first-order valence-corrected chi connectivity index (χ1v) is 14.9. The first kappa shape index (κ1) is 28.6. The zero-order valence-electron chi connectivity index (χ0n) is 23.1. The van der Waals surface area contributed by atoms with E-state index in [9.17, 15) is 14.4 Å². The van der Waals surface area contributed by atoms with E-state index in [1.165, 1.54) is 11.8 Å². The van der Waals surface area contributed by atoms with Crippen LogP contribution in [0.5, 0.6) is 0 Å². The van der Waals surface area contributed by atoms with Gasteiger partial charge in [-0.15, -0.1) is 0 Å². The van der Waals surface area contributed by atoms with Gasteiger partial charge in [0.15, 0.2) is 5.16 Å². The van der Waals surface area contributed by atoms with Crippen molar-refractivity contribution in [2.24, 2.45) is 0 Å². The number of hydrogen-bond acceptors (Lipinski definition) is 6. The summed E-state index contributed by atoms with van der Waals surface area (Å²) >= 11 is 1.27. The van der Waals surface area contributed by atoms with Crippen molar-refractivity contribution < 1.29 is 14.3 Å². The van der Waals surface area contributed by atoms with Crippen LogP contribution in [0, 0.1) is 0 Å². The number of nitrogens with one attached hydrogen (secondary N) is 1. The highest BCUT2D eigenvalue weighted by Crippen LogP contribution is 2.20. The molecule has 0 radical (unpaired) electrons. The predicted molar refractivity (Wildman–Crippen MR) is 161 cm³/mol. The highest BCUT2D eigenvalue weighted by Gasteiger charge is 2.18. The van der Waals surface area contributed by atoms with Crippen LogP contribution in [0.3, 0.4) is 0 Å². The number of thioether (sulfide) groups is 1. The Labute approximate surface area is 243 Å².